The summed E-state index contributed by atoms with van der Waals surface area (Å²) < 4.78 is 1.83. The zero-order chi connectivity index (χ0) is 14.8. The molecule has 0 aromatic carbocycles. The zero-order valence-electron chi connectivity index (χ0n) is 11.7. The molecule has 22 heavy (non-hydrogen) atoms. The van der Waals surface area contributed by atoms with Crippen LogP contribution in [-0.2, 0) is 6.54 Å². The summed E-state index contributed by atoms with van der Waals surface area (Å²) in [5.41, 5.74) is 4.03. The van der Waals surface area contributed by atoms with Gasteiger partial charge in [-0.05, 0) is 40.6 Å². The van der Waals surface area contributed by atoms with Crippen molar-refractivity contribution in [2.45, 2.75) is 6.54 Å². The monoisotopic (exact) mass is 307 g/mol. The lowest BCUT2D eigenvalue weighted by Crippen LogP contribution is -2.06. The molecule has 4 rings (SSSR count). The summed E-state index contributed by atoms with van der Waals surface area (Å²) in [6, 6.07) is 9.88. The van der Waals surface area contributed by atoms with Crippen LogP contribution in [0.1, 0.15) is 5.69 Å². The molecule has 0 amide bonds. The van der Waals surface area contributed by atoms with Crippen LogP contribution in [0.25, 0.3) is 16.8 Å². The minimum absolute atomic E-state index is 0.646. The van der Waals surface area contributed by atoms with Crippen molar-refractivity contribution in [2.24, 2.45) is 0 Å². The molecule has 0 aliphatic rings. The van der Waals surface area contributed by atoms with Crippen LogP contribution in [0.15, 0.2) is 59.7 Å². The topological polar surface area (TPSA) is 55.1 Å². The number of nitrogens with zero attached hydrogens (tertiary/aromatic N) is 4. The average molecular weight is 307 g/mol. The number of rotatable bonds is 4. The molecule has 0 fully saturated rings. The maximum atomic E-state index is 4.46. The van der Waals surface area contributed by atoms with E-state index < -0.39 is 0 Å². The smallest absolute Gasteiger partial charge is 0.165 e. The molecule has 5 nitrogen and oxygen atoms in total. The molecule has 1 N–H and O–H groups in total. The van der Waals surface area contributed by atoms with Crippen LogP contribution in [0.2, 0.25) is 0 Å². The first-order valence-electron chi connectivity index (χ1n) is 6.91. The van der Waals surface area contributed by atoms with E-state index in [2.05, 4.69) is 37.2 Å². The predicted molar refractivity (Wildman–Crippen MR) is 87.9 cm³/mol. The number of nitrogens with one attached hydrogen (secondary N) is 1. The Morgan fingerprint density at radius 3 is 2.91 bits per heavy atom. The summed E-state index contributed by atoms with van der Waals surface area (Å²) in [5.74, 6) is 0.900. The van der Waals surface area contributed by atoms with Gasteiger partial charge in [-0.15, -0.1) is 0 Å². The fourth-order valence-corrected chi connectivity index (χ4v) is 2.99. The third-order valence-corrected chi connectivity index (χ3v) is 4.09. The van der Waals surface area contributed by atoms with E-state index in [-0.39, 0.29) is 0 Å². The molecule has 0 bridgehead atoms. The Kier molecular flexibility index (Phi) is 3.29. The Hall–Kier alpha value is -2.73. The fraction of sp³-hybridized carbons (Fsp3) is 0.0625. The first-order chi connectivity index (χ1) is 10.9. The van der Waals surface area contributed by atoms with Crippen LogP contribution < -0.4 is 5.32 Å². The van der Waals surface area contributed by atoms with E-state index in [1.54, 1.807) is 23.7 Å². The fourth-order valence-electron chi connectivity index (χ4n) is 2.33. The molecular weight excluding hydrogens is 294 g/mol. The van der Waals surface area contributed by atoms with Crippen LogP contribution in [0, 0.1) is 0 Å². The summed E-state index contributed by atoms with van der Waals surface area (Å²) in [6.45, 7) is 0.646. The quantitative estimate of drug-likeness (QED) is 0.627. The minimum Gasteiger partial charge on any atom is -0.364 e. The number of thiophene rings is 1. The van der Waals surface area contributed by atoms with E-state index in [4.69, 9.17) is 0 Å². The highest BCUT2D eigenvalue weighted by atomic mass is 32.1. The van der Waals surface area contributed by atoms with Crippen LogP contribution in [0.4, 0.5) is 5.82 Å². The summed E-state index contributed by atoms with van der Waals surface area (Å²) in [5, 5.41) is 12.0. The van der Waals surface area contributed by atoms with Gasteiger partial charge in [0.2, 0.25) is 0 Å². The molecule has 0 radical (unpaired) electrons. The van der Waals surface area contributed by atoms with Crippen molar-refractivity contribution in [3.63, 3.8) is 0 Å². The van der Waals surface area contributed by atoms with Crippen LogP contribution >= 0.6 is 11.3 Å². The Balaban J connectivity index is 1.67. The second kappa shape index (κ2) is 5.57. The van der Waals surface area contributed by atoms with Crippen molar-refractivity contribution in [2.75, 3.05) is 5.32 Å². The van der Waals surface area contributed by atoms with Gasteiger partial charge in [0.15, 0.2) is 5.65 Å². The minimum atomic E-state index is 0.646. The Morgan fingerprint density at radius 1 is 1.09 bits per heavy atom. The molecule has 4 aromatic rings. The highest BCUT2D eigenvalue weighted by Crippen LogP contribution is 2.26. The Labute approximate surface area is 131 Å². The van der Waals surface area contributed by atoms with Gasteiger partial charge in [0.25, 0.3) is 0 Å². The zero-order valence-corrected chi connectivity index (χ0v) is 12.5. The molecule has 0 saturated heterocycles. The van der Waals surface area contributed by atoms with Crippen molar-refractivity contribution < 1.29 is 0 Å². The SMILES string of the molecule is c1ccc(CNc2ccnc3c(-c4ccsc4)cnn23)nc1. The van der Waals surface area contributed by atoms with Crippen molar-refractivity contribution >= 4 is 22.8 Å². The second-order valence-electron chi connectivity index (χ2n) is 4.81. The van der Waals surface area contributed by atoms with Gasteiger partial charge in [0.05, 0.1) is 18.4 Å². The molecular formula is C16H13N5S. The normalized spacial score (nSPS) is 10.9. The lowest BCUT2D eigenvalue weighted by molar-refractivity contribution is 0.917. The standard InChI is InChI=1S/C16H13N5S/c1-2-6-17-13(3-1)9-19-15-4-7-18-16-14(10-20-21(15)16)12-5-8-22-11-12/h1-8,10-11,19H,9H2. The average Bonchev–Trinajstić information content (AvgIpc) is 3.22. The highest BCUT2D eigenvalue weighted by Gasteiger charge is 2.10. The van der Waals surface area contributed by atoms with Crippen molar-refractivity contribution in [1.82, 2.24) is 19.6 Å². The van der Waals surface area contributed by atoms with Gasteiger partial charge in [-0.3, -0.25) is 4.98 Å². The molecule has 108 valence electrons. The number of anilines is 1. The lowest BCUT2D eigenvalue weighted by atomic mass is 10.2. The first-order valence-corrected chi connectivity index (χ1v) is 7.85. The number of pyridine rings is 1. The third kappa shape index (κ3) is 2.33. The van der Waals surface area contributed by atoms with E-state index >= 15 is 0 Å². The molecule has 0 spiro atoms. The molecule has 0 aliphatic carbocycles. The number of hydrogen-bond donors (Lipinski definition) is 1. The molecule has 0 aliphatic heterocycles. The van der Waals surface area contributed by atoms with Gasteiger partial charge in [0, 0.05) is 18.0 Å². The maximum Gasteiger partial charge on any atom is 0.165 e. The van der Waals surface area contributed by atoms with Gasteiger partial charge in [-0.1, -0.05) is 6.07 Å². The summed E-state index contributed by atoms with van der Waals surface area (Å²) >= 11 is 1.67. The highest BCUT2D eigenvalue weighted by molar-refractivity contribution is 7.08. The largest absolute Gasteiger partial charge is 0.364 e. The van der Waals surface area contributed by atoms with Gasteiger partial charge < -0.3 is 5.32 Å². The Morgan fingerprint density at radius 2 is 2.09 bits per heavy atom. The predicted octanol–water partition coefficient (Wildman–Crippen LogP) is 3.46. The van der Waals surface area contributed by atoms with E-state index in [0.717, 1.165) is 28.3 Å². The molecule has 0 atom stereocenters. The maximum absolute atomic E-state index is 4.46. The third-order valence-electron chi connectivity index (χ3n) is 3.41. The Bertz CT molecular complexity index is 883. The lowest BCUT2D eigenvalue weighted by Gasteiger charge is -2.07. The molecule has 0 saturated carbocycles. The van der Waals surface area contributed by atoms with Crippen molar-refractivity contribution in [3.8, 4) is 11.1 Å². The van der Waals surface area contributed by atoms with Crippen LogP contribution in [0.5, 0.6) is 0 Å². The summed E-state index contributed by atoms with van der Waals surface area (Å²) in [6.07, 6.45) is 5.45. The van der Waals surface area contributed by atoms with Gasteiger partial charge in [-0.25, -0.2) is 4.98 Å². The van der Waals surface area contributed by atoms with Crippen molar-refractivity contribution in [3.05, 3.63) is 65.4 Å². The number of fused-ring (bicyclic) bond motifs is 1. The van der Waals surface area contributed by atoms with Gasteiger partial charge >= 0.3 is 0 Å². The number of hydrogen-bond acceptors (Lipinski definition) is 5. The molecule has 6 heteroatoms. The van der Waals surface area contributed by atoms with Crippen LogP contribution in [0.3, 0.4) is 0 Å². The summed E-state index contributed by atoms with van der Waals surface area (Å²) in [4.78, 5) is 8.78. The van der Waals surface area contributed by atoms with E-state index in [9.17, 15) is 0 Å². The molecule has 4 heterocycles. The van der Waals surface area contributed by atoms with E-state index in [1.807, 2.05) is 35.0 Å². The first kappa shape index (κ1) is 13.0. The molecule has 4 aromatic heterocycles. The van der Waals surface area contributed by atoms with E-state index in [0.29, 0.717) is 6.54 Å². The van der Waals surface area contributed by atoms with Gasteiger partial charge in [0.1, 0.15) is 5.82 Å². The van der Waals surface area contributed by atoms with Crippen LogP contribution in [-0.4, -0.2) is 19.6 Å². The van der Waals surface area contributed by atoms with E-state index in [1.165, 1.54) is 0 Å². The van der Waals surface area contributed by atoms with Crippen molar-refractivity contribution in [1.29, 1.82) is 0 Å². The van der Waals surface area contributed by atoms with Gasteiger partial charge in [-0.2, -0.15) is 21.0 Å². The molecule has 0 unspecified atom stereocenters. The second-order valence-corrected chi connectivity index (χ2v) is 5.59. The summed E-state index contributed by atoms with van der Waals surface area (Å²) in [7, 11) is 0. The number of aromatic nitrogens is 4.